The predicted molar refractivity (Wildman–Crippen MR) is 85.9 cm³/mol. The molecular formula is C17H22ClNO3. The van der Waals surface area contributed by atoms with E-state index < -0.39 is 5.97 Å². The Labute approximate surface area is 136 Å². The Morgan fingerprint density at radius 3 is 2.41 bits per heavy atom. The topological polar surface area (TPSA) is 57.6 Å². The number of halogens is 1. The minimum atomic E-state index is -0.785. The van der Waals surface area contributed by atoms with E-state index in [1.807, 2.05) is 31.2 Å². The number of rotatable bonds is 5. The maximum absolute atomic E-state index is 12.5. The number of aliphatic carboxylic acids is 1. The maximum atomic E-state index is 12.5. The molecule has 1 aromatic rings. The lowest BCUT2D eigenvalue weighted by Gasteiger charge is -2.27. The van der Waals surface area contributed by atoms with Crippen molar-refractivity contribution < 1.29 is 14.7 Å². The first kappa shape index (κ1) is 16.8. The molecule has 1 aromatic carbocycles. The van der Waals surface area contributed by atoms with Crippen LogP contribution in [0.4, 0.5) is 0 Å². The molecule has 120 valence electrons. The summed E-state index contributed by atoms with van der Waals surface area (Å²) in [5.74, 6) is -1.25. The van der Waals surface area contributed by atoms with Crippen molar-refractivity contribution >= 4 is 23.5 Å². The lowest BCUT2D eigenvalue weighted by atomic mass is 10.0. The van der Waals surface area contributed by atoms with Gasteiger partial charge in [-0.1, -0.05) is 23.7 Å². The number of carboxylic acid groups (broad SMARTS) is 1. The van der Waals surface area contributed by atoms with Crippen LogP contribution in [-0.2, 0) is 16.0 Å². The first-order valence-electron chi connectivity index (χ1n) is 7.62. The van der Waals surface area contributed by atoms with Crippen LogP contribution in [0, 0.1) is 11.8 Å². The van der Waals surface area contributed by atoms with Crippen molar-refractivity contribution in [1.29, 1.82) is 0 Å². The highest BCUT2D eigenvalue weighted by atomic mass is 35.5. The molecule has 1 unspecified atom stereocenters. The van der Waals surface area contributed by atoms with Crippen LogP contribution in [0.25, 0.3) is 0 Å². The number of likely N-dealkylation sites (N-methyl/N-ethyl adjacent to an activating group) is 1. The molecule has 1 aliphatic carbocycles. The number of hydrogen-bond acceptors (Lipinski definition) is 2. The molecule has 3 atom stereocenters. The van der Waals surface area contributed by atoms with E-state index in [0.717, 1.165) is 12.0 Å². The molecule has 0 bridgehead atoms. The fraction of sp³-hybridized carbons (Fsp3) is 0.529. The van der Waals surface area contributed by atoms with Crippen molar-refractivity contribution in [3.63, 3.8) is 0 Å². The van der Waals surface area contributed by atoms with Crippen molar-refractivity contribution in [2.24, 2.45) is 11.8 Å². The van der Waals surface area contributed by atoms with Crippen LogP contribution in [0.3, 0.4) is 0 Å². The second-order valence-electron chi connectivity index (χ2n) is 6.17. The second-order valence-corrected chi connectivity index (χ2v) is 6.61. The average molecular weight is 324 g/mol. The molecule has 4 nitrogen and oxygen atoms in total. The van der Waals surface area contributed by atoms with Gasteiger partial charge in [0.05, 0.1) is 5.92 Å². The van der Waals surface area contributed by atoms with Crippen LogP contribution in [-0.4, -0.2) is 35.0 Å². The third-order valence-corrected chi connectivity index (χ3v) is 4.84. The van der Waals surface area contributed by atoms with E-state index in [9.17, 15) is 9.59 Å². The first-order valence-corrected chi connectivity index (χ1v) is 8.00. The van der Waals surface area contributed by atoms with E-state index in [2.05, 4.69) is 0 Å². The summed E-state index contributed by atoms with van der Waals surface area (Å²) in [4.78, 5) is 25.3. The van der Waals surface area contributed by atoms with Crippen LogP contribution >= 0.6 is 11.6 Å². The fourth-order valence-electron chi connectivity index (χ4n) is 3.03. The van der Waals surface area contributed by atoms with E-state index in [-0.39, 0.29) is 23.8 Å². The summed E-state index contributed by atoms with van der Waals surface area (Å²) in [5, 5.41) is 9.74. The maximum Gasteiger partial charge on any atom is 0.306 e. The van der Waals surface area contributed by atoms with Gasteiger partial charge in [-0.3, -0.25) is 9.59 Å². The van der Waals surface area contributed by atoms with Crippen LogP contribution in [0.1, 0.15) is 31.7 Å². The largest absolute Gasteiger partial charge is 0.481 e. The summed E-state index contributed by atoms with van der Waals surface area (Å²) < 4.78 is 0. The Morgan fingerprint density at radius 2 is 1.86 bits per heavy atom. The van der Waals surface area contributed by atoms with Gasteiger partial charge in [0.25, 0.3) is 0 Å². The molecule has 0 saturated heterocycles. The number of benzene rings is 1. The third kappa shape index (κ3) is 4.01. The molecule has 1 aliphatic rings. The van der Waals surface area contributed by atoms with Gasteiger partial charge in [-0.05, 0) is 50.3 Å². The van der Waals surface area contributed by atoms with Gasteiger partial charge in [-0.2, -0.15) is 0 Å². The number of hydrogen-bond donors (Lipinski definition) is 1. The summed E-state index contributed by atoms with van der Waals surface area (Å²) in [6, 6.07) is 7.69. The van der Waals surface area contributed by atoms with E-state index in [1.54, 1.807) is 11.9 Å². The molecule has 0 radical (unpaired) electrons. The van der Waals surface area contributed by atoms with Gasteiger partial charge in [-0.25, -0.2) is 0 Å². The highest BCUT2D eigenvalue weighted by molar-refractivity contribution is 6.30. The van der Waals surface area contributed by atoms with Gasteiger partial charge in [0, 0.05) is 24.0 Å². The smallest absolute Gasteiger partial charge is 0.306 e. The van der Waals surface area contributed by atoms with Gasteiger partial charge in [0.2, 0.25) is 5.91 Å². The quantitative estimate of drug-likeness (QED) is 0.905. The van der Waals surface area contributed by atoms with Gasteiger partial charge >= 0.3 is 5.97 Å². The number of carboxylic acids is 1. The summed E-state index contributed by atoms with van der Waals surface area (Å²) in [6.07, 6.45) is 2.50. The Morgan fingerprint density at radius 1 is 1.27 bits per heavy atom. The Bertz CT molecular complexity index is 543. The van der Waals surface area contributed by atoms with Crippen molar-refractivity contribution in [3.05, 3.63) is 34.9 Å². The van der Waals surface area contributed by atoms with E-state index in [0.29, 0.717) is 24.3 Å². The number of carbonyl (C=O) groups is 2. The zero-order valence-electron chi connectivity index (χ0n) is 13.0. The molecule has 22 heavy (non-hydrogen) atoms. The van der Waals surface area contributed by atoms with Crippen molar-refractivity contribution in [2.45, 2.75) is 38.6 Å². The van der Waals surface area contributed by atoms with Crippen LogP contribution in [0.2, 0.25) is 5.02 Å². The van der Waals surface area contributed by atoms with Crippen molar-refractivity contribution in [1.82, 2.24) is 4.90 Å². The molecular weight excluding hydrogens is 302 g/mol. The molecule has 1 N–H and O–H groups in total. The minimum Gasteiger partial charge on any atom is -0.481 e. The molecule has 1 fully saturated rings. The monoisotopic (exact) mass is 323 g/mol. The van der Waals surface area contributed by atoms with Gasteiger partial charge in [0.15, 0.2) is 0 Å². The minimum absolute atomic E-state index is 0.0604. The zero-order chi connectivity index (χ0) is 16.3. The fourth-order valence-corrected chi connectivity index (χ4v) is 3.16. The second kappa shape index (κ2) is 7.14. The summed E-state index contributed by atoms with van der Waals surface area (Å²) in [7, 11) is 1.80. The van der Waals surface area contributed by atoms with Crippen LogP contribution in [0.15, 0.2) is 24.3 Å². The third-order valence-electron chi connectivity index (χ3n) is 4.58. The van der Waals surface area contributed by atoms with Crippen molar-refractivity contribution in [2.75, 3.05) is 7.05 Å². The molecule has 1 saturated carbocycles. The van der Waals surface area contributed by atoms with E-state index in [1.165, 1.54) is 0 Å². The standard InChI is InChI=1S/C17H22ClNO3/c1-11(9-12-3-7-15(18)8-4-12)19(2)16(20)13-5-6-14(10-13)17(21)22/h3-4,7-8,11,13-14H,5-6,9-10H2,1-2H3,(H,21,22)/t11?,13-,14+/m1/s1. The first-order chi connectivity index (χ1) is 10.4. The number of carbonyl (C=O) groups excluding carboxylic acids is 1. The molecule has 2 rings (SSSR count). The zero-order valence-corrected chi connectivity index (χ0v) is 13.7. The molecule has 0 spiro atoms. The normalized spacial score (nSPS) is 22.3. The molecule has 0 heterocycles. The Hall–Kier alpha value is -1.55. The summed E-state index contributed by atoms with van der Waals surface area (Å²) >= 11 is 5.87. The number of nitrogens with zero attached hydrogens (tertiary/aromatic N) is 1. The van der Waals surface area contributed by atoms with E-state index in [4.69, 9.17) is 16.7 Å². The highest BCUT2D eigenvalue weighted by Gasteiger charge is 2.35. The Balaban J connectivity index is 1.92. The molecule has 5 heteroatoms. The van der Waals surface area contributed by atoms with Crippen molar-refractivity contribution in [3.8, 4) is 0 Å². The molecule has 1 amide bonds. The lowest BCUT2D eigenvalue weighted by Crippen LogP contribution is -2.39. The SMILES string of the molecule is CC(Cc1ccc(Cl)cc1)N(C)C(=O)[C@@H]1CC[C@H](C(=O)O)C1. The summed E-state index contributed by atoms with van der Waals surface area (Å²) in [5.41, 5.74) is 1.13. The van der Waals surface area contributed by atoms with Gasteiger partial charge in [0.1, 0.15) is 0 Å². The van der Waals surface area contributed by atoms with Crippen LogP contribution in [0.5, 0.6) is 0 Å². The molecule has 0 aromatic heterocycles. The predicted octanol–water partition coefficient (Wildman–Crippen LogP) is 3.23. The molecule has 0 aliphatic heterocycles. The Kier molecular flexibility index (Phi) is 5.46. The highest BCUT2D eigenvalue weighted by Crippen LogP contribution is 2.32. The van der Waals surface area contributed by atoms with Gasteiger partial charge < -0.3 is 10.0 Å². The van der Waals surface area contributed by atoms with Gasteiger partial charge in [-0.15, -0.1) is 0 Å². The van der Waals surface area contributed by atoms with Crippen LogP contribution < -0.4 is 0 Å². The summed E-state index contributed by atoms with van der Waals surface area (Å²) in [6.45, 7) is 2.01. The number of amides is 1. The average Bonchev–Trinajstić information content (AvgIpc) is 2.98. The lowest BCUT2D eigenvalue weighted by molar-refractivity contribution is -0.141. The van der Waals surface area contributed by atoms with E-state index >= 15 is 0 Å².